The molecule has 1 aromatic rings. The molecule has 20 heavy (non-hydrogen) atoms. The number of halogens is 1. The Morgan fingerprint density at radius 3 is 2.95 bits per heavy atom. The van der Waals surface area contributed by atoms with E-state index in [1.165, 1.54) is 5.56 Å². The summed E-state index contributed by atoms with van der Waals surface area (Å²) in [7, 11) is 0. The van der Waals surface area contributed by atoms with Gasteiger partial charge in [-0.15, -0.1) is 0 Å². The van der Waals surface area contributed by atoms with Crippen molar-refractivity contribution in [2.24, 2.45) is 0 Å². The number of hydrogen-bond acceptors (Lipinski definition) is 4. The van der Waals surface area contributed by atoms with E-state index in [2.05, 4.69) is 30.1 Å². The van der Waals surface area contributed by atoms with Crippen molar-refractivity contribution in [2.75, 3.05) is 26.3 Å². The van der Waals surface area contributed by atoms with Gasteiger partial charge in [-0.1, -0.05) is 11.6 Å². The first-order valence-electron chi connectivity index (χ1n) is 7.19. The number of rotatable bonds is 2. The fourth-order valence-electron chi connectivity index (χ4n) is 2.81. The van der Waals surface area contributed by atoms with Crippen LogP contribution in [-0.4, -0.2) is 43.3 Å². The Hall–Kier alpha value is -0.970. The molecule has 1 saturated heterocycles. The normalized spacial score (nSPS) is 26.6. The lowest BCUT2D eigenvalue weighted by molar-refractivity contribution is 0.138. The molecule has 1 fully saturated rings. The number of hydrogen-bond donors (Lipinski definition) is 1. The van der Waals surface area contributed by atoms with Gasteiger partial charge < -0.3 is 14.8 Å². The monoisotopic (exact) mass is 296 g/mol. The lowest BCUT2D eigenvalue weighted by Gasteiger charge is -2.37. The molecule has 1 N–H and O–H groups in total. The number of fused-ring (bicyclic) bond motifs is 1. The topological polar surface area (TPSA) is 33.7 Å². The highest BCUT2D eigenvalue weighted by Gasteiger charge is 2.23. The van der Waals surface area contributed by atoms with E-state index in [1.54, 1.807) is 0 Å². The summed E-state index contributed by atoms with van der Waals surface area (Å²) >= 11 is 6.29. The van der Waals surface area contributed by atoms with Gasteiger partial charge in [0.2, 0.25) is 0 Å². The maximum atomic E-state index is 6.29. The van der Waals surface area contributed by atoms with Crippen molar-refractivity contribution in [1.82, 2.24) is 10.2 Å². The number of ether oxygens (including phenoxy) is 2. The molecule has 2 aliphatic heterocycles. The summed E-state index contributed by atoms with van der Waals surface area (Å²) in [6.07, 6.45) is 0. The molecule has 2 atom stereocenters. The molecule has 0 spiro atoms. The van der Waals surface area contributed by atoms with Crippen molar-refractivity contribution in [3.05, 3.63) is 22.7 Å². The van der Waals surface area contributed by atoms with Gasteiger partial charge in [-0.05, 0) is 31.5 Å². The van der Waals surface area contributed by atoms with Crippen LogP contribution in [0.4, 0.5) is 0 Å². The molecule has 2 aliphatic rings. The third kappa shape index (κ3) is 2.87. The molecule has 2 heterocycles. The highest BCUT2D eigenvalue weighted by atomic mass is 35.5. The summed E-state index contributed by atoms with van der Waals surface area (Å²) in [5.74, 6) is 1.46. The van der Waals surface area contributed by atoms with Crippen LogP contribution in [0.3, 0.4) is 0 Å². The smallest absolute Gasteiger partial charge is 0.179 e. The van der Waals surface area contributed by atoms with E-state index in [0.29, 0.717) is 36.1 Å². The van der Waals surface area contributed by atoms with E-state index < -0.39 is 0 Å². The molecule has 0 aromatic heterocycles. The van der Waals surface area contributed by atoms with E-state index >= 15 is 0 Å². The quantitative estimate of drug-likeness (QED) is 0.908. The van der Waals surface area contributed by atoms with Crippen LogP contribution in [0.25, 0.3) is 0 Å². The maximum absolute atomic E-state index is 6.29. The average Bonchev–Trinajstić information content (AvgIpc) is 2.43. The van der Waals surface area contributed by atoms with Crippen molar-refractivity contribution in [3.63, 3.8) is 0 Å². The third-order valence-corrected chi connectivity index (χ3v) is 4.22. The molecule has 110 valence electrons. The second-order valence-electron chi connectivity index (χ2n) is 5.69. The van der Waals surface area contributed by atoms with Gasteiger partial charge in [0.25, 0.3) is 0 Å². The largest absolute Gasteiger partial charge is 0.486 e. The van der Waals surface area contributed by atoms with Crippen molar-refractivity contribution in [3.8, 4) is 11.5 Å². The zero-order valence-electron chi connectivity index (χ0n) is 12.0. The van der Waals surface area contributed by atoms with Crippen LogP contribution in [0, 0.1) is 0 Å². The SMILES string of the molecule is CC1CN(Cc2cc(Cl)c3c(c2)OCCO3)C(C)CN1. The van der Waals surface area contributed by atoms with Crippen molar-refractivity contribution in [1.29, 1.82) is 0 Å². The van der Waals surface area contributed by atoms with Crippen LogP contribution in [0.15, 0.2) is 12.1 Å². The molecule has 0 aliphatic carbocycles. The summed E-state index contributed by atoms with van der Waals surface area (Å²) in [5.41, 5.74) is 1.18. The van der Waals surface area contributed by atoms with Crippen LogP contribution in [0.1, 0.15) is 19.4 Å². The standard InChI is InChI=1S/C15H21ClN2O2/c1-10-8-18(11(2)7-17-10)9-12-5-13(16)15-14(6-12)19-3-4-20-15/h5-6,10-11,17H,3-4,7-9H2,1-2H3. The minimum atomic E-state index is 0.526. The summed E-state index contributed by atoms with van der Waals surface area (Å²) in [6, 6.07) is 5.10. The van der Waals surface area contributed by atoms with Gasteiger partial charge in [0, 0.05) is 31.7 Å². The Morgan fingerprint density at radius 1 is 1.30 bits per heavy atom. The molecule has 0 amide bonds. The predicted molar refractivity (Wildman–Crippen MR) is 79.8 cm³/mol. The summed E-state index contributed by atoms with van der Waals surface area (Å²) < 4.78 is 11.2. The molecular formula is C15H21ClN2O2. The van der Waals surface area contributed by atoms with E-state index in [4.69, 9.17) is 21.1 Å². The van der Waals surface area contributed by atoms with Crippen molar-refractivity contribution >= 4 is 11.6 Å². The first-order valence-corrected chi connectivity index (χ1v) is 7.56. The fraction of sp³-hybridized carbons (Fsp3) is 0.600. The number of nitrogens with zero attached hydrogens (tertiary/aromatic N) is 1. The first kappa shape index (κ1) is 14.0. The summed E-state index contributed by atoms with van der Waals surface area (Å²) in [4.78, 5) is 2.48. The lowest BCUT2D eigenvalue weighted by atomic mass is 10.1. The molecule has 4 nitrogen and oxygen atoms in total. The van der Waals surface area contributed by atoms with Crippen LogP contribution < -0.4 is 14.8 Å². The number of nitrogens with one attached hydrogen (secondary N) is 1. The van der Waals surface area contributed by atoms with Gasteiger partial charge >= 0.3 is 0 Å². The van der Waals surface area contributed by atoms with Crippen LogP contribution in [0.2, 0.25) is 5.02 Å². The van der Waals surface area contributed by atoms with E-state index in [0.717, 1.165) is 25.4 Å². The Bertz CT molecular complexity index is 495. The molecule has 5 heteroatoms. The fourth-order valence-corrected chi connectivity index (χ4v) is 3.10. The van der Waals surface area contributed by atoms with Crippen LogP contribution in [-0.2, 0) is 6.54 Å². The zero-order chi connectivity index (χ0) is 14.1. The van der Waals surface area contributed by atoms with Gasteiger partial charge in [0.1, 0.15) is 13.2 Å². The van der Waals surface area contributed by atoms with E-state index in [9.17, 15) is 0 Å². The van der Waals surface area contributed by atoms with E-state index in [-0.39, 0.29) is 0 Å². The zero-order valence-corrected chi connectivity index (χ0v) is 12.7. The minimum absolute atomic E-state index is 0.526. The Labute approximate surface area is 125 Å². The summed E-state index contributed by atoms with van der Waals surface area (Å²) in [6.45, 7) is 8.59. The van der Waals surface area contributed by atoms with Crippen LogP contribution in [0.5, 0.6) is 11.5 Å². The lowest BCUT2D eigenvalue weighted by Crippen LogP contribution is -2.53. The molecule has 0 bridgehead atoms. The number of piperazine rings is 1. The molecule has 0 saturated carbocycles. The minimum Gasteiger partial charge on any atom is -0.486 e. The van der Waals surface area contributed by atoms with Gasteiger partial charge in [-0.2, -0.15) is 0 Å². The highest BCUT2D eigenvalue weighted by molar-refractivity contribution is 6.32. The van der Waals surface area contributed by atoms with Crippen molar-refractivity contribution < 1.29 is 9.47 Å². The summed E-state index contributed by atoms with van der Waals surface area (Å²) in [5, 5.41) is 4.14. The van der Waals surface area contributed by atoms with Gasteiger partial charge in [-0.3, -0.25) is 4.90 Å². The molecule has 0 radical (unpaired) electrons. The Morgan fingerprint density at radius 2 is 2.10 bits per heavy atom. The molecular weight excluding hydrogens is 276 g/mol. The Balaban J connectivity index is 1.78. The maximum Gasteiger partial charge on any atom is 0.179 e. The van der Waals surface area contributed by atoms with E-state index in [1.807, 2.05) is 6.07 Å². The second kappa shape index (κ2) is 5.80. The predicted octanol–water partition coefficient (Wildman–Crippen LogP) is 2.29. The van der Waals surface area contributed by atoms with Gasteiger partial charge in [-0.25, -0.2) is 0 Å². The highest BCUT2D eigenvalue weighted by Crippen LogP contribution is 2.38. The molecule has 3 rings (SSSR count). The average molecular weight is 297 g/mol. The first-order chi connectivity index (χ1) is 9.63. The second-order valence-corrected chi connectivity index (χ2v) is 6.10. The molecule has 1 aromatic carbocycles. The van der Waals surface area contributed by atoms with Crippen LogP contribution >= 0.6 is 11.6 Å². The molecule has 2 unspecified atom stereocenters. The number of benzene rings is 1. The third-order valence-electron chi connectivity index (χ3n) is 3.94. The Kier molecular flexibility index (Phi) is 4.06. The van der Waals surface area contributed by atoms with Gasteiger partial charge in [0.15, 0.2) is 11.5 Å². The van der Waals surface area contributed by atoms with Gasteiger partial charge in [0.05, 0.1) is 5.02 Å². The van der Waals surface area contributed by atoms with Crippen molar-refractivity contribution in [2.45, 2.75) is 32.5 Å².